The van der Waals surface area contributed by atoms with Crippen LogP contribution < -0.4 is 0 Å². The Morgan fingerprint density at radius 2 is 1.76 bits per heavy atom. The standard InChI is InChI=1S/C20H32O/c1-16(2)20-13-11-17(3)7-5-9-19(15-21)10-6-8-18(4)12-14-20/h7,10,12,20-21H,1,5-6,8-9,11,13-15H2,2-4H3/b17-7-,18-12-,19-10+. The van der Waals surface area contributed by atoms with Gasteiger partial charge in [0.25, 0.3) is 0 Å². The van der Waals surface area contributed by atoms with Crippen LogP contribution in [0, 0.1) is 5.92 Å². The average Bonchev–Trinajstić information content (AvgIpc) is 2.44. The topological polar surface area (TPSA) is 20.2 Å². The Hall–Kier alpha value is -1.08. The van der Waals surface area contributed by atoms with Crippen molar-refractivity contribution in [3.63, 3.8) is 0 Å². The van der Waals surface area contributed by atoms with Gasteiger partial charge in [-0.1, -0.05) is 41.5 Å². The summed E-state index contributed by atoms with van der Waals surface area (Å²) >= 11 is 0. The van der Waals surface area contributed by atoms with Crippen LogP contribution in [0.4, 0.5) is 0 Å². The Morgan fingerprint density at radius 3 is 2.43 bits per heavy atom. The molecule has 0 aromatic heterocycles. The van der Waals surface area contributed by atoms with Crippen molar-refractivity contribution in [2.45, 2.75) is 65.7 Å². The first-order valence-electron chi connectivity index (χ1n) is 8.28. The molecule has 0 saturated carbocycles. The van der Waals surface area contributed by atoms with Crippen molar-refractivity contribution in [2.24, 2.45) is 5.92 Å². The minimum Gasteiger partial charge on any atom is -0.392 e. The van der Waals surface area contributed by atoms with Crippen LogP contribution in [0.2, 0.25) is 0 Å². The van der Waals surface area contributed by atoms with Crippen molar-refractivity contribution in [1.29, 1.82) is 0 Å². The quantitative estimate of drug-likeness (QED) is 0.643. The summed E-state index contributed by atoms with van der Waals surface area (Å²) in [4.78, 5) is 0. The SMILES string of the molecule is C=C(C)C1C/C=C(/C)CC/C=C(/CO)CC/C=C(/C)CC1. The molecule has 1 N–H and O–H groups in total. The zero-order chi connectivity index (χ0) is 15.7. The van der Waals surface area contributed by atoms with Crippen LogP contribution in [-0.2, 0) is 0 Å². The second-order valence-electron chi connectivity index (χ2n) is 6.52. The lowest BCUT2D eigenvalue weighted by atomic mass is 9.89. The minimum absolute atomic E-state index is 0.202. The summed E-state index contributed by atoms with van der Waals surface area (Å²) in [7, 11) is 0. The molecule has 1 aliphatic rings. The molecule has 1 rings (SSSR count). The van der Waals surface area contributed by atoms with Gasteiger partial charge in [0.1, 0.15) is 0 Å². The largest absolute Gasteiger partial charge is 0.392 e. The van der Waals surface area contributed by atoms with Gasteiger partial charge >= 0.3 is 0 Å². The summed E-state index contributed by atoms with van der Waals surface area (Å²) in [5, 5.41) is 9.41. The lowest BCUT2D eigenvalue weighted by Crippen LogP contribution is -2.01. The van der Waals surface area contributed by atoms with Gasteiger partial charge in [-0.25, -0.2) is 0 Å². The van der Waals surface area contributed by atoms with E-state index < -0.39 is 0 Å². The van der Waals surface area contributed by atoms with Gasteiger partial charge in [0, 0.05) is 0 Å². The van der Waals surface area contributed by atoms with E-state index in [0.717, 1.165) is 38.5 Å². The van der Waals surface area contributed by atoms with Gasteiger partial charge in [-0.3, -0.25) is 0 Å². The fraction of sp³-hybridized carbons (Fsp3) is 0.600. The van der Waals surface area contributed by atoms with E-state index in [-0.39, 0.29) is 6.61 Å². The van der Waals surface area contributed by atoms with Crippen molar-refractivity contribution in [1.82, 2.24) is 0 Å². The molecule has 0 radical (unpaired) electrons. The highest BCUT2D eigenvalue weighted by molar-refractivity contribution is 5.11. The fourth-order valence-corrected chi connectivity index (χ4v) is 2.77. The Morgan fingerprint density at radius 1 is 1.10 bits per heavy atom. The van der Waals surface area contributed by atoms with E-state index >= 15 is 0 Å². The number of allylic oxidation sites excluding steroid dienone is 6. The molecular weight excluding hydrogens is 256 g/mol. The third-order valence-electron chi connectivity index (χ3n) is 4.47. The van der Waals surface area contributed by atoms with Crippen molar-refractivity contribution in [2.75, 3.05) is 6.61 Å². The molecule has 1 aliphatic carbocycles. The van der Waals surface area contributed by atoms with Crippen LogP contribution in [0.3, 0.4) is 0 Å². The lowest BCUT2D eigenvalue weighted by molar-refractivity contribution is 0.326. The Labute approximate surface area is 131 Å². The maximum absolute atomic E-state index is 9.41. The fourth-order valence-electron chi connectivity index (χ4n) is 2.77. The molecule has 1 heteroatoms. The van der Waals surface area contributed by atoms with Gasteiger partial charge in [0.2, 0.25) is 0 Å². The monoisotopic (exact) mass is 288 g/mol. The van der Waals surface area contributed by atoms with Gasteiger partial charge in [-0.2, -0.15) is 0 Å². The third kappa shape index (κ3) is 7.47. The molecule has 0 aromatic rings. The molecule has 0 amide bonds. The Kier molecular flexibility index (Phi) is 8.37. The van der Waals surface area contributed by atoms with Crippen LogP contribution in [0.25, 0.3) is 0 Å². The summed E-state index contributed by atoms with van der Waals surface area (Å²) < 4.78 is 0. The zero-order valence-electron chi connectivity index (χ0n) is 14.1. The van der Waals surface area contributed by atoms with E-state index in [1.807, 2.05) is 0 Å². The van der Waals surface area contributed by atoms with E-state index in [1.54, 1.807) is 0 Å². The number of rotatable bonds is 2. The first-order valence-corrected chi connectivity index (χ1v) is 8.28. The molecule has 118 valence electrons. The average molecular weight is 288 g/mol. The summed E-state index contributed by atoms with van der Waals surface area (Å²) in [6.07, 6.45) is 14.6. The van der Waals surface area contributed by atoms with E-state index in [1.165, 1.54) is 28.7 Å². The third-order valence-corrected chi connectivity index (χ3v) is 4.47. The molecular formula is C20H32O. The smallest absolute Gasteiger partial charge is 0.0641 e. The molecule has 0 aliphatic heterocycles. The second kappa shape index (κ2) is 9.78. The predicted molar refractivity (Wildman–Crippen MR) is 93.3 cm³/mol. The van der Waals surface area contributed by atoms with Crippen molar-refractivity contribution < 1.29 is 5.11 Å². The number of aliphatic hydroxyl groups is 1. The van der Waals surface area contributed by atoms with Crippen LogP contribution in [0.5, 0.6) is 0 Å². The highest BCUT2D eigenvalue weighted by atomic mass is 16.3. The zero-order valence-corrected chi connectivity index (χ0v) is 14.1. The molecule has 21 heavy (non-hydrogen) atoms. The summed E-state index contributed by atoms with van der Waals surface area (Å²) in [6, 6.07) is 0. The number of aliphatic hydroxyl groups excluding tert-OH is 1. The molecule has 1 unspecified atom stereocenters. The van der Waals surface area contributed by atoms with Crippen molar-refractivity contribution in [3.8, 4) is 0 Å². The van der Waals surface area contributed by atoms with E-state index in [0.29, 0.717) is 5.92 Å². The highest BCUT2D eigenvalue weighted by Gasteiger charge is 2.09. The van der Waals surface area contributed by atoms with Gasteiger partial charge in [-0.05, 0) is 77.2 Å². The van der Waals surface area contributed by atoms with Gasteiger partial charge in [-0.15, -0.1) is 0 Å². The van der Waals surface area contributed by atoms with Crippen molar-refractivity contribution in [3.05, 3.63) is 47.1 Å². The lowest BCUT2D eigenvalue weighted by Gasteiger charge is -2.16. The normalized spacial score (nSPS) is 30.1. The molecule has 0 aromatic carbocycles. The molecule has 0 fully saturated rings. The van der Waals surface area contributed by atoms with E-state index in [9.17, 15) is 5.11 Å². The van der Waals surface area contributed by atoms with Gasteiger partial charge < -0.3 is 5.11 Å². The van der Waals surface area contributed by atoms with Crippen LogP contribution in [-0.4, -0.2) is 11.7 Å². The first kappa shape index (κ1) is 18.0. The van der Waals surface area contributed by atoms with Gasteiger partial charge in [0.05, 0.1) is 6.61 Å². The maximum Gasteiger partial charge on any atom is 0.0641 e. The van der Waals surface area contributed by atoms with Crippen LogP contribution in [0.1, 0.15) is 65.7 Å². The summed E-state index contributed by atoms with van der Waals surface area (Å²) in [6.45, 7) is 11.0. The Bertz CT molecular complexity index is 423. The predicted octanol–water partition coefficient (Wildman–Crippen LogP) is 5.73. The van der Waals surface area contributed by atoms with Gasteiger partial charge in [0.15, 0.2) is 0 Å². The summed E-state index contributed by atoms with van der Waals surface area (Å²) in [5.41, 5.74) is 5.42. The van der Waals surface area contributed by atoms with E-state index in [4.69, 9.17) is 0 Å². The van der Waals surface area contributed by atoms with E-state index in [2.05, 4.69) is 45.6 Å². The summed E-state index contributed by atoms with van der Waals surface area (Å²) in [5.74, 6) is 0.606. The first-order chi connectivity index (χ1) is 10.0. The Balaban J connectivity index is 2.80. The van der Waals surface area contributed by atoms with Crippen molar-refractivity contribution >= 4 is 0 Å². The number of hydrogen-bond donors (Lipinski definition) is 1. The molecule has 1 nitrogen and oxygen atoms in total. The molecule has 1 atom stereocenters. The maximum atomic E-state index is 9.41. The molecule has 0 saturated heterocycles. The molecule has 0 heterocycles. The second-order valence-corrected chi connectivity index (χ2v) is 6.52. The molecule has 0 bridgehead atoms. The van der Waals surface area contributed by atoms with Crippen LogP contribution >= 0.6 is 0 Å². The van der Waals surface area contributed by atoms with Crippen LogP contribution in [0.15, 0.2) is 47.1 Å². The minimum atomic E-state index is 0.202. The highest BCUT2D eigenvalue weighted by Crippen LogP contribution is 2.24. The molecule has 0 spiro atoms. The number of hydrogen-bond acceptors (Lipinski definition) is 1.